The summed E-state index contributed by atoms with van der Waals surface area (Å²) >= 11 is 0. The maximum absolute atomic E-state index is 12.7. The molecule has 0 aliphatic carbocycles. The van der Waals surface area contributed by atoms with Gasteiger partial charge >= 0.3 is 6.36 Å². The first-order valence-corrected chi connectivity index (χ1v) is 7.43. The number of rotatable bonds is 3. The second-order valence-electron chi connectivity index (χ2n) is 5.59. The molecule has 0 atom stereocenters. The van der Waals surface area contributed by atoms with Crippen LogP contribution in [0.2, 0.25) is 0 Å². The number of hydrogen-bond donors (Lipinski definition) is 1. The second-order valence-corrected chi connectivity index (χ2v) is 5.59. The van der Waals surface area contributed by atoms with Gasteiger partial charge in [-0.15, -0.1) is 13.2 Å². The Morgan fingerprint density at radius 2 is 1.72 bits per heavy atom. The van der Waals surface area contributed by atoms with Crippen LogP contribution in [0.4, 0.5) is 13.2 Å². The number of pyridine rings is 1. The first-order valence-electron chi connectivity index (χ1n) is 7.43. The minimum atomic E-state index is -4.75. The summed E-state index contributed by atoms with van der Waals surface area (Å²) in [6.45, 7) is 1.62. The number of benzene rings is 2. The van der Waals surface area contributed by atoms with Crippen LogP contribution in [0.5, 0.6) is 5.75 Å². The molecule has 0 fully saturated rings. The minimum absolute atomic E-state index is 0.183. The van der Waals surface area contributed by atoms with Gasteiger partial charge in [0.1, 0.15) is 5.75 Å². The Morgan fingerprint density at radius 3 is 2.36 bits per heavy atom. The number of para-hydroxylation sites is 1. The Hall–Kier alpha value is -2.96. The third kappa shape index (κ3) is 3.45. The van der Waals surface area contributed by atoms with Crippen LogP contribution < -0.4 is 10.2 Å². The highest BCUT2D eigenvalue weighted by Gasteiger charge is 2.30. The lowest BCUT2D eigenvalue weighted by atomic mass is 10.0. The van der Waals surface area contributed by atoms with Gasteiger partial charge in [-0.25, -0.2) is 0 Å². The predicted octanol–water partition coefficient (Wildman–Crippen LogP) is 4.04. The quantitative estimate of drug-likeness (QED) is 0.726. The highest BCUT2D eigenvalue weighted by atomic mass is 19.4. The van der Waals surface area contributed by atoms with Crippen molar-refractivity contribution in [3.8, 4) is 5.75 Å². The van der Waals surface area contributed by atoms with Crippen LogP contribution >= 0.6 is 0 Å². The van der Waals surface area contributed by atoms with E-state index in [0.29, 0.717) is 27.7 Å². The molecular weight excluding hydrogens is 335 g/mol. The molecule has 0 unspecified atom stereocenters. The Bertz CT molecular complexity index is 976. The normalized spacial score (nSPS) is 11.7. The van der Waals surface area contributed by atoms with Crippen molar-refractivity contribution in [3.63, 3.8) is 0 Å². The zero-order valence-electron chi connectivity index (χ0n) is 13.2. The van der Waals surface area contributed by atoms with E-state index in [-0.39, 0.29) is 17.6 Å². The summed E-state index contributed by atoms with van der Waals surface area (Å²) in [6.07, 6.45) is -4.57. The molecule has 2 aromatic carbocycles. The van der Waals surface area contributed by atoms with Gasteiger partial charge in [0.2, 0.25) is 0 Å². The van der Waals surface area contributed by atoms with Crippen molar-refractivity contribution < 1.29 is 23.1 Å². The molecule has 0 bridgehead atoms. The van der Waals surface area contributed by atoms with E-state index in [9.17, 15) is 23.2 Å². The summed E-state index contributed by atoms with van der Waals surface area (Å²) in [4.78, 5) is 12.7. The van der Waals surface area contributed by atoms with Crippen molar-refractivity contribution in [3.05, 3.63) is 75.6 Å². The molecule has 1 aromatic heterocycles. The topological polar surface area (TPSA) is 51.5 Å². The van der Waals surface area contributed by atoms with Gasteiger partial charge in [0.15, 0.2) is 5.43 Å². The summed E-state index contributed by atoms with van der Waals surface area (Å²) in [7, 11) is 0. The molecule has 3 aromatic rings. The molecule has 3 rings (SSSR count). The van der Waals surface area contributed by atoms with Crippen molar-refractivity contribution in [1.82, 2.24) is 4.73 Å². The van der Waals surface area contributed by atoms with E-state index in [0.717, 1.165) is 4.73 Å². The third-order valence-corrected chi connectivity index (χ3v) is 3.94. The Kier molecular flexibility index (Phi) is 4.16. The van der Waals surface area contributed by atoms with Crippen molar-refractivity contribution in [2.45, 2.75) is 19.7 Å². The lowest BCUT2D eigenvalue weighted by Gasteiger charge is -2.13. The van der Waals surface area contributed by atoms with Crippen LogP contribution in [0, 0.1) is 6.92 Å². The molecule has 7 heteroatoms. The fourth-order valence-electron chi connectivity index (χ4n) is 2.71. The van der Waals surface area contributed by atoms with Crippen molar-refractivity contribution in [2.24, 2.45) is 0 Å². The average molecular weight is 349 g/mol. The molecule has 1 heterocycles. The van der Waals surface area contributed by atoms with Gasteiger partial charge in [-0.2, -0.15) is 4.73 Å². The van der Waals surface area contributed by atoms with E-state index in [1.54, 1.807) is 31.2 Å². The number of aromatic nitrogens is 1. The molecule has 0 radical (unpaired) electrons. The van der Waals surface area contributed by atoms with E-state index in [4.69, 9.17) is 0 Å². The van der Waals surface area contributed by atoms with Gasteiger partial charge in [-0.05, 0) is 36.8 Å². The van der Waals surface area contributed by atoms with Gasteiger partial charge in [0, 0.05) is 17.4 Å². The molecule has 0 aliphatic heterocycles. The highest BCUT2D eigenvalue weighted by Crippen LogP contribution is 2.24. The molecule has 0 saturated heterocycles. The smallest absolute Gasteiger partial charge is 0.428 e. The van der Waals surface area contributed by atoms with Crippen LogP contribution in [-0.2, 0) is 6.42 Å². The first-order chi connectivity index (χ1) is 11.8. The molecule has 4 nitrogen and oxygen atoms in total. The van der Waals surface area contributed by atoms with Gasteiger partial charge in [-0.3, -0.25) is 4.79 Å². The summed E-state index contributed by atoms with van der Waals surface area (Å²) in [6, 6.07) is 12.0. The van der Waals surface area contributed by atoms with E-state index >= 15 is 0 Å². The predicted molar refractivity (Wildman–Crippen MR) is 86.1 cm³/mol. The molecule has 0 amide bonds. The highest BCUT2D eigenvalue weighted by molar-refractivity contribution is 5.79. The molecule has 0 spiro atoms. The van der Waals surface area contributed by atoms with Crippen LogP contribution in [0.15, 0.2) is 53.3 Å². The number of nitrogens with zero attached hydrogens (tertiary/aromatic N) is 1. The number of alkyl halides is 3. The lowest BCUT2D eigenvalue weighted by Crippen LogP contribution is -2.18. The van der Waals surface area contributed by atoms with E-state index in [2.05, 4.69) is 4.74 Å². The Balaban J connectivity index is 1.97. The molecule has 25 heavy (non-hydrogen) atoms. The SMILES string of the molecule is Cc1c(Cc2ccc(OC(F)(F)F)cc2)c(=O)c2ccccc2n1O. The molecule has 0 aliphatic rings. The molecule has 130 valence electrons. The maximum Gasteiger partial charge on any atom is 0.573 e. The van der Waals surface area contributed by atoms with E-state index in [1.165, 1.54) is 24.3 Å². The number of halogens is 3. The molecule has 0 saturated carbocycles. The van der Waals surface area contributed by atoms with Crippen LogP contribution in [0.3, 0.4) is 0 Å². The average Bonchev–Trinajstić information content (AvgIpc) is 2.57. The number of hydrogen-bond acceptors (Lipinski definition) is 3. The summed E-state index contributed by atoms with van der Waals surface area (Å²) in [5, 5.41) is 10.6. The summed E-state index contributed by atoms with van der Waals surface area (Å²) < 4.78 is 41.4. The zero-order chi connectivity index (χ0) is 18.2. The van der Waals surface area contributed by atoms with Gasteiger partial charge in [0.05, 0.1) is 11.2 Å². The van der Waals surface area contributed by atoms with Crippen LogP contribution in [-0.4, -0.2) is 16.3 Å². The maximum atomic E-state index is 12.7. The minimum Gasteiger partial charge on any atom is -0.428 e. The fraction of sp³-hybridized carbons (Fsp3) is 0.167. The van der Waals surface area contributed by atoms with Crippen molar-refractivity contribution in [2.75, 3.05) is 0 Å². The van der Waals surface area contributed by atoms with Crippen molar-refractivity contribution >= 4 is 10.9 Å². The second kappa shape index (κ2) is 6.16. The van der Waals surface area contributed by atoms with Crippen LogP contribution in [0.25, 0.3) is 10.9 Å². The van der Waals surface area contributed by atoms with Crippen LogP contribution in [0.1, 0.15) is 16.8 Å². The molecule has 1 N–H and O–H groups in total. The Labute approximate surface area is 140 Å². The van der Waals surface area contributed by atoms with Gasteiger partial charge in [0.25, 0.3) is 0 Å². The van der Waals surface area contributed by atoms with E-state index in [1.807, 2.05) is 0 Å². The Morgan fingerprint density at radius 1 is 1.08 bits per heavy atom. The fourth-order valence-corrected chi connectivity index (χ4v) is 2.71. The number of ether oxygens (including phenoxy) is 1. The van der Waals surface area contributed by atoms with Gasteiger partial charge in [-0.1, -0.05) is 24.3 Å². The lowest BCUT2D eigenvalue weighted by molar-refractivity contribution is -0.274. The largest absolute Gasteiger partial charge is 0.573 e. The first kappa shape index (κ1) is 16.9. The van der Waals surface area contributed by atoms with Crippen molar-refractivity contribution in [1.29, 1.82) is 0 Å². The zero-order valence-corrected chi connectivity index (χ0v) is 13.2. The molecular formula is C18H14F3NO3. The standard InChI is InChI=1S/C18H14F3NO3/c1-11-15(17(23)14-4-2-3-5-16(14)22(11)24)10-12-6-8-13(9-7-12)25-18(19,20)21/h2-9,24H,10H2,1H3. The van der Waals surface area contributed by atoms with E-state index < -0.39 is 6.36 Å². The van der Waals surface area contributed by atoms with Gasteiger partial charge < -0.3 is 9.94 Å². The third-order valence-electron chi connectivity index (χ3n) is 3.94. The summed E-state index contributed by atoms with van der Waals surface area (Å²) in [5.74, 6) is -0.328. The monoisotopic (exact) mass is 349 g/mol. The number of fused-ring (bicyclic) bond motifs is 1. The summed E-state index contributed by atoms with van der Waals surface area (Å²) in [5.41, 5.74) is 1.59.